The van der Waals surface area contributed by atoms with Crippen molar-refractivity contribution in [3.8, 4) is 0 Å². The Kier molecular flexibility index (Phi) is 3.98. The fourth-order valence-corrected chi connectivity index (χ4v) is 2.04. The quantitative estimate of drug-likeness (QED) is 0.792. The van der Waals surface area contributed by atoms with E-state index in [0.717, 1.165) is 37.4 Å². The lowest BCUT2D eigenvalue weighted by Gasteiger charge is -2.23. The van der Waals surface area contributed by atoms with Crippen LogP contribution >= 0.6 is 11.6 Å². The van der Waals surface area contributed by atoms with Crippen molar-refractivity contribution in [2.45, 2.75) is 25.4 Å². The van der Waals surface area contributed by atoms with Crippen LogP contribution in [0, 0.1) is 0 Å². The van der Waals surface area contributed by atoms with Gasteiger partial charge in [0.1, 0.15) is 11.0 Å². The summed E-state index contributed by atoms with van der Waals surface area (Å²) < 4.78 is 5.39. The van der Waals surface area contributed by atoms with E-state index in [1.165, 1.54) is 0 Å². The van der Waals surface area contributed by atoms with E-state index in [0.29, 0.717) is 17.7 Å². The third kappa shape index (κ3) is 3.07. The summed E-state index contributed by atoms with van der Waals surface area (Å²) in [6.45, 7) is 2.06. The van der Waals surface area contributed by atoms with Gasteiger partial charge in [0, 0.05) is 13.2 Å². The van der Waals surface area contributed by atoms with Crippen LogP contribution in [0.2, 0.25) is 5.15 Å². The number of pyridine rings is 1. The molecule has 1 unspecified atom stereocenters. The minimum absolute atomic E-state index is 0.324. The number of hydrogen-bond acceptors (Lipinski definition) is 4. The number of halogens is 1. The molecule has 0 spiro atoms. The molecule has 0 bridgehead atoms. The maximum atomic E-state index is 5.91. The van der Waals surface area contributed by atoms with E-state index in [9.17, 15) is 0 Å². The van der Waals surface area contributed by atoms with Crippen molar-refractivity contribution >= 4 is 17.4 Å². The van der Waals surface area contributed by atoms with Crippen molar-refractivity contribution < 1.29 is 4.74 Å². The lowest BCUT2D eigenvalue weighted by atomic mass is 10.1. The number of aromatic nitrogens is 1. The third-order valence-corrected chi connectivity index (χ3v) is 2.80. The van der Waals surface area contributed by atoms with Crippen LogP contribution in [-0.2, 0) is 11.3 Å². The standard InChI is InChI=1S/C11H16ClN3O/c12-10-4-8(6-13)5-11(15-10)14-9-2-1-3-16-7-9/h4-5,9H,1-3,6-7,13H2,(H,14,15). The highest BCUT2D eigenvalue weighted by Gasteiger charge is 2.14. The number of rotatable bonds is 3. The first-order valence-corrected chi connectivity index (χ1v) is 5.86. The van der Waals surface area contributed by atoms with Gasteiger partial charge in [0.2, 0.25) is 0 Å². The summed E-state index contributed by atoms with van der Waals surface area (Å²) in [6.07, 6.45) is 2.19. The molecule has 1 atom stereocenters. The van der Waals surface area contributed by atoms with Gasteiger partial charge in [-0.15, -0.1) is 0 Å². The predicted octanol–water partition coefficient (Wildman–Crippen LogP) is 1.78. The summed E-state index contributed by atoms with van der Waals surface area (Å²) in [5, 5.41) is 3.79. The number of nitrogens with one attached hydrogen (secondary N) is 1. The van der Waals surface area contributed by atoms with Crippen molar-refractivity contribution in [3.05, 3.63) is 22.8 Å². The van der Waals surface area contributed by atoms with Gasteiger partial charge in [0.15, 0.2) is 0 Å². The fourth-order valence-electron chi connectivity index (χ4n) is 1.81. The van der Waals surface area contributed by atoms with Gasteiger partial charge in [0.25, 0.3) is 0 Å². The molecule has 0 aromatic carbocycles. The first-order chi connectivity index (χ1) is 7.78. The van der Waals surface area contributed by atoms with Crippen LogP contribution in [-0.4, -0.2) is 24.2 Å². The second kappa shape index (κ2) is 5.48. The highest BCUT2D eigenvalue weighted by molar-refractivity contribution is 6.29. The summed E-state index contributed by atoms with van der Waals surface area (Å²) in [6, 6.07) is 4.04. The van der Waals surface area contributed by atoms with Crippen molar-refractivity contribution in [1.29, 1.82) is 0 Å². The van der Waals surface area contributed by atoms with Gasteiger partial charge >= 0.3 is 0 Å². The molecule has 0 amide bonds. The summed E-state index contributed by atoms with van der Waals surface area (Å²) in [5.74, 6) is 0.781. The molecule has 1 aliphatic heterocycles. The molecule has 4 nitrogen and oxygen atoms in total. The zero-order chi connectivity index (χ0) is 11.4. The summed E-state index contributed by atoms with van der Waals surface area (Å²) in [4.78, 5) is 4.22. The monoisotopic (exact) mass is 241 g/mol. The minimum Gasteiger partial charge on any atom is -0.379 e. The maximum Gasteiger partial charge on any atom is 0.131 e. The molecule has 1 saturated heterocycles. The van der Waals surface area contributed by atoms with E-state index in [1.54, 1.807) is 6.07 Å². The smallest absolute Gasteiger partial charge is 0.131 e. The fraction of sp³-hybridized carbons (Fsp3) is 0.545. The van der Waals surface area contributed by atoms with Crippen LogP contribution in [0.4, 0.5) is 5.82 Å². The maximum absolute atomic E-state index is 5.91. The molecule has 0 saturated carbocycles. The Morgan fingerprint density at radius 2 is 2.44 bits per heavy atom. The molecule has 88 valence electrons. The molecule has 1 aromatic rings. The van der Waals surface area contributed by atoms with Gasteiger partial charge in [-0.25, -0.2) is 4.98 Å². The molecular weight excluding hydrogens is 226 g/mol. The van der Waals surface area contributed by atoms with Crippen LogP contribution in [0.5, 0.6) is 0 Å². The van der Waals surface area contributed by atoms with Gasteiger partial charge in [0.05, 0.1) is 12.6 Å². The molecule has 3 N–H and O–H groups in total. The Labute approximate surface area is 100 Å². The van der Waals surface area contributed by atoms with E-state index >= 15 is 0 Å². The van der Waals surface area contributed by atoms with E-state index in [4.69, 9.17) is 22.1 Å². The molecule has 1 aliphatic rings. The average Bonchev–Trinajstić information content (AvgIpc) is 2.29. The van der Waals surface area contributed by atoms with Crippen LogP contribution in [0.15, 0.2) is 12.1 Å². The normalized spacial score (nSPS) is 20.8. The first-order valence-electron chi connectivity index (χ1n) is 5.49. The van der Waals surface area contributed by atoms with Crippen molar-refractivity contribution in [3.63, 3.8) is 0 Å². The molecule has 1 aromatic heterocycles. The second-order valence-corrected chi connectivity index (χ2v) is 4.33. The first kappa shape index (κ1) is 11.6. The highest BCUT2D eigenvalue weighted by Crippen LogP contribution is 2.17. The van der Waals surface area contributed by atoms with Gasteiger partial charge < -0.3 is 15.8 Å². The molecule has 2 heterocycles. The molecule has 16 heavy (non-hydrogen) atoms. The Bertz CT molecular complexity index is 353. The number of ether oxygens (including phenoxy) is 1. The predicted molar refractivity (Wildman–Crippen MR) is 64.6 cm³/mol. The molecular formula is C11H16ClN3O. The summed E-state index contributed by atoms with van der Waals surface area (Å²) in [7, 11) is 0. The van der Waals surface area contributed by atoms with Gasteiger partial charge in [-0.2, -0.15) is 0 Å². The van der Waals surface area contributed by atoms with Crippen LogP contribution in [0.1, 0.15) is 18.4 Å². The van der Waals surface area contributed by atoms with Crippen LogP contribution in [0.25, 0.3) is 0 Å². The third-order valence-electron chi connectivity index (χ3n) is 2.60. The Balaban J connectivity index is 2.04. The second-order valence-electron chi connectivity index (χ2n) is 3.95. The number of hydrogen-bond donors (Lipinski definition) is 2. The molecule has 2 rings (SSSR count). The van der Waals surface area contributed by atoms with Crippen LogP contribution < -0.4 is 11.1 Å². The van der Waals surface area contributed by atoms with E-state index in [1.807, 2.05) is 6.07 Å². The summed E-state index contributed by atoms with van der Waals surface area (Å²) in [5.41, 5.74) is 6.57. The molecule has 1 fully saturated rings. The Morgan fingerprint density at radius 1 is 1.56 bits per heavy atom. The molecule has 0 aliphatic carbocycles. The number of nitrogens with two attached hydrogens (primary N) is 1. The lowest BCUT2D eigenvalue weighted by molar-refractivity contribution is 0.0875. The summed E-state index contributed by atoms with van der Waals surface area (Å²) >= 11 is 5.91. The SMILES string of the molecule is NCc1cc(Cl)nc(NC2CCCOC2)c1. The zero-order valence-electron chi connectivity index (χ0n) is 9.08. The minimum atomic E-state index is 0.324. The topological polar surface area (TPSA) is 60.2 Å². The van der Waals surface area contributed by atoms with Crippen molar-refractivity contribution in [1.82, 2.24) is 4.98 Å². The zero-order valence-corrected chi connectivity index (χ0v) is 9.83. The van der Waals surface area contributed by atoms with E-state index < -0.39 is 0 Å². The van der Waals surface area contributed by atoms with E-state index in [-0.39, 0.29) is 0 Å². The Morgan fingerprint density at radius 3 is 3.12 bits per heavy atom. The van der Waals surface area contributed by atoms with Gasteiger partial charge in [-0.3, -0.25) is 0 Å². The van der Waals surface area contributed by atoms with Crippen molar-refractivity contribution in [2.75, 3.05) is 18.5 Å². The Hall–Kier alpha value is -0.840. The molecule has 0 radical (unpaired) electrons. The number of nitrogens with zero attached hydrogens (tertiary/aromatic N) is 1. The van der Waals surface area contributed by atoms with Crippen LogP contribution in [0.3, 0.4) is 0 Å². The van der Waals surface area contributed by atoms with E-state index in [2.05, 4.69) is 10.3 Å². The van der Waals surface area contributed by atoms with Crippen molar-refractivity contribution in [2.24, 2.45) is 5.73 Å². The lowest BCUT2D eigenvalue weighted by Crippen LogP contribution is -2.30. The van der Waals surface area contributed by atoms with Gasteiger partial charge in [-0.05, 0) is 30.5 Å². The average molecular weight is 242 g/mol. The highest BCUT2D eigenvalue weighted by atomic mass is 35.5. The largest absolute Gasteiger partial charge is 0.379 e. The van der Waals surface area contributed by atoms with Gasteiger partial charge in [-0.1, -0.05) is 11.6 Å². The number of anilines is 1. The molecule has 5 heteroatoms.